The molecule has 11 heteroatoms. The van der Waals surface area contributed by atoms with Crippen LogP contribution in [-0.2, 0) is 13.0 Å². The highest BCUT2D eigenvalue weighted by molar-refractivity contribution is 5.96. The van der Waals surface area contributed by atoms with Crippen LogP contribution in [0.5, 0.6) is 17.4 Å². The second-order valence-electron chi connectivity index (χ2n) is 9.57. The number of nitrogens with zero attached hydrogens (tertiary/aromatic N) is 4. The summed E-state index contributed by atoms with van der Waals surface area (Å²) in [5.74, 6) is -0.303. The van der Waals surface area contributed by atoms with Gasteiger partial charge in [0.25, 0.3) is 11.5 Å². The number of methoxy groups -OCH3 is 2. The fourth-order valence-corrected chi connectivity index (χ4v) is 5.00. The van der Waals surface area contributed by atoms with Gasteiger partial charge in [-0.3, -0.25) is 19.1 Å². The first-order chi connectivity index (χ1) is 19.3. The standard InChI is InChI=1S/C29H34N4O7/c1-4-5-14-23-30-26(34)24(28(36)33(23)25-21(39-2)12-9-13-22(25)40-3)27(35)31-16-15-20(18-31)32(29(37)38)17-19-10-7-6-8-11-19/h6-13,20,36H,4-5,14-18H2,1-3H3,(H,37,38)/t20-/m0/s1. The van der Waals surface area contributed by atoms with Crippen LogP contribution in [0.15, 0.2) is 53.3 Å². The molecule has 0 unspecified atom stereocenters. The molecular formula is C29H34N4O7. The minimum atomic E-state index is -1.10. The van der Waals surface area contributed by atoms with Crippen molar-refractivity contribution in [1.29, 1.82) is 0 Å². The maximum atomic E-state index is 13.7. The Kier molecular flexibility index (Phi) is 8.93. The number of carbonyl (C=O) groups is 2. The largest absolute Gasteiger partial charge is 0.494 e. The van der Waals surface area contributed by atoms with E-state index in [1.165, 1.54) is 28.6 Å². The highest BCUT2D eigenvalue weighted by Crippen LogP contribution is 2.37. The van der Waals surface area contributed by atoms with Crippen molar-refractivity contribution in [2.75, 3.05) is 27.3 Å². The molecule has 0 aliphatic carbocycles. The predicted molar refractivity (Wildman–Crippen MR) is 148 cm³/mol. The summed E-state index contributed by atoms with van der Waals surface area (Å²) in [6, 6.07) is 13.8. The van der Waals surface area contributed by atoms with Gasteiger partial charge in [-0.25, -0.2) is 4.79 Å². The lowest BCUT2D eigenvalue weighted by atomic mass is 10.1. The molecule has 40 heavy (non-hydrogen) atoms. The van der Waals surface area contributed by atoms with Crippen molar-refractivity contribution < 1.29 is 29.3 Å². The Balaban J connectivity index is 1.72. The van der Waals surface area contributed by atoms with Gasteiger partial charge in [0.15, 0.2) is 5.56 Å². The number of hydrogen-bond acceptors (Lipinski definition) is 7. The maximum absolute atomic E-state index is 13.7. The van der Waals surface area contributed by atoms with Crippen LogP contribution in [0.1, 0.15) is 47.9 Å². The lowest BCUT2D eigenvalue weighted by molar-refractivity contribution is 0.0761. The SMILES string of the molecule is CCCCc1nc(=O)c(C(=O)N2CC[C@H](N(Cc3ccccc3)C(=O)O)C2)c(O)n1-c1c(OC)cccc1OC. The van der Waals surface area contributed by atoms with Gasteiger partial charge in [0.2, 0.25) is 5.88 Å². The number of aromatic hydroxyl groups is 1. The second-order valence-corrected chi connectivity index (χ2v) is 9.57. The van der Waals surface area contributed by atoms with Gasteiger partial charge < -0.3 is 24.6 Å². The molecule has 1 aromatic heterocycles. The van der Waals surface area contributed by atoms with Crippen molar-refractivity contribution in [1.82, 2.24) is 19.4 Å². The minimum absolute atomic E-state index is 0.0758. The molecule has 2 amide bonds. The number of para-hydroxylation sites is 1. The van der Waals surface area contributed by atoms with Crippen molar-refractivity contribution in [3.05, 3.63) is 75.8 Å². The molecule has 4 rings (SSSR count). The third-order valence-electron chi connectivity index (χ3n) is 7.06. The van der Waals surface area contributed by atoms with E-state index in [0.717, 1.165) is 12.0 Å². The molecule has 0 saturated carbocycles. The molecule has 11 nitrogen and oxygen atoms in total. The number of carbonyl (C=O) groups excluding carboxylic acids is 1. The highest BCUT2D eigenvalue weighted by atomic mass is 16.5. The lowest BCUT2D eigenvalue weighted by Gasteiger charge is -2.26. The van der Waals surface area contributed by atoms with E-state index in [9.17, 15) is 24.6 Å². The Labute approximate surface area is 232 Å². The summed E-state index contributed by atoms with van der Waals surface area (Å²) in [6.07, 6.45) is 1.17. The molecule has 1 fully saturated rings. The number of aryl methyl sites for hydroxylation is 1. The zero-order valence-corrected chi connectivity index (χ0v) is 22.9. The summed E-state index contributed by atoms with van der Waals surface area (Å²) in [6.45, 7) is 2.46. The average molecular weight is 551 g/mol. The van der Waals surface area contributed by atoms with Gasteiger partial charge in [0.1, 0.15) is 23.0 Å². The Morgan fingerprint density at radius 3 is 2.35 bits per heavy atom. The summed E-state index contributed by atoms with van der Waals surface area (Å²) in [5.41, 5.74) is -0.190. The third kappa shape index (κ3) is 5.73. The Morgan fingerprint density at radius 2 is 1.75 bits per heavy atom. The van der Waals surface area contributed by atoms with E-state index in [1.54, 1.807) is 18.2 Å². The molecular weight excluding hydrogens is 516 g/mol. The quantitative estimate of drug-likeness (QED) is 0.390. The average Bonchev–Trinajstić information content (AvgIpc) is 3.44. The molecule has 3 aromatic rings. The third-order valence-corrected chi connectivity index (χ3v) is 7.06. The fourth-order valence-electron chi connectivity index (χ4n) is 5.00. The van der Waals surface area contributed by atoms with Gasteiger partial charge in [-0.2, -0.15) is 4.98 Å². The van der Waals surface area contributed by atoms with Crippen LogP contribution in [0.25, 0.3) is 5.69 Å². The summed E-state index contributed by atoms with van der Waals surface area (Å²) < 4.78 is 12.4. The number of carboxylic acid groups (broad SMARTS) is 1. The predicted octanol–water partition coefficient (Wildman–Crippen LogP) is 3.69. The molecule has 1 aliphatic heterocycles. The van der Waals surface area contributed by atoms with E-state index in [2.05, 4.69) is 4.98 Å². The molecule has 0 radical (unpaired) electrons. The van der Waals surface area contributed by atoms with Gasteiger partial charge in [-0.15, -0.1) is 0 Å². The zero-order valence-electron chi connectivity index (χ0n) is 22.9. The van der Waals surface area contributed by atoms with Gasteiger partial charge in [0, 0.05) is 26.1 Å². The van der Waals surface area contributed by atoms with Crippen molar-refractivity contribution >= 4 is 12.0 Å². The van der Waals surface area contributed by atoms with Crippen LogP contribution < -0.4 is 15.0 Å². The number of aromatic nitrogens is 2. The molecule has 1 aliphatic rings. The number of likely N-dealkylation sites (tertiary alicyclic amines) is 1. The van der Waals surface area contributed by atoms with E-state index >= 15 is 0 Å². The van der Waals surface area contributed by atoms with Gasteiger partial charge in [-0.05, 0) is 30.5 Å². The van der Waals surface area contributed by atoms with E-state index < -0.39 is 35.0 Å². The molecule has 2 aromatic carbocycles. The first kappa shape index (κ1) is 28.5. The first-order valence-corrected chi connectivity index (χ1v) is 13.2. The van der Waals surface area contributed by atoms with Crippen LogP contribution in [0, 0.1) is 0 Å². The fraction of sp³-hybridized carbons (Fsp3) is 0.379. The number of amides is 2. The number of benzene rings is 2. The monoisotopic (exact) mass is 550 g/mol. The van der Waals surface area contributed by atoms with E-state index in [4.69, 9.17) is 9.47 Å². The lowest BCUT2D eigenvalue weighted by Crippen LogP contribution is -2.42. The minimum Gasteiger partial charge on any atom is -0.494 e. The normalized spacial score (nSPS) is 14.7. The van der Waals surface area contributed by atoms with Crippen molar-refractivity contribution in [2.24, 2.45) is 0 Å². The van der Waals surface area contributed by atoms with Crippen LogP contribution >= 0.6 is 0 Å². The number of rotatable bonds is 10. The van der Waals surface area contributed by atoms with Gasteiger partial charge >= 0.3 is 6.09 Å². The summed E-state index contributed by atoms with van der Waals surface area (Å²) in [7, 11) is 2.94. The first-order valence-electron chi connectivity index (χ1n) is 13.2. The molecule has 2 heterocycles. The summed E-state index contributed by atoms with van der Waals surface area (Å²) >= 11 is 0. The van der Waals surface area contributed by atoms with Crippen molar-refractivity contribution in [3.8, 4) is 23.1 Å². The Morgan fingerprint density at radius 1 is 1.07 bits per heavy atom. The van der Waals surface area contributed by atoms with E-state index in [0.29, 0.717) is 36.4 Å². The molecule has 0 spiro atoms. The van der Waals surface area contributed by atoms with Crippen LogP contribution in [0.3, 0.4) is 0 Å². The molecule has 212 valence electrons. The molecule has 2 N–H and O–H groups in total. The van der Waals surface area contributed by atoms with Crippen molar-refractivity contribution in [3.63, 3.8) is 0 Å². The second kappa shape index (κ2) is 12.5. The van der Waals surface area contributed by atoms with Crippen LogP contribution in [0.4, 0.5) is 4.79 Å². The molecule has 0 bridgehead atoms. The summed E-state index contributed by atoms with van der Waals surface area (Å²) in [5, 5.41) is 21.4. The topological polar surface area (TPSA) is 134 Å². The van der Waals surface area contributed by atoms with Crippen LogP contribution in [-0.4, -0.2) is 74.9 Å². The van der Waals surface area contributed by atoms with E-state index in [-0.39, 0.29) is 25.5 Å². The smallest absolute Gasteiger partial charge is 0.407 e. The summed E-state index contributed by atoms with van der Waals surface area (Å²) in [4.78, 5) is 45.9. The molecule has 1 saturated heterocycles. The highest BCUT2D eigenvalue weighted by Gasteiger charge is 2.36. The zero-order chi connectivity index (χ0) is 28.8. The number of unbranched alkanes of at least 4 members (excludes halogenated alkanes) is 1. The Bertz CT molecular complexity index is 1400. The van der Waals surface area contributed by atoms with Crippen LogP contribution in [0.2, 0.25) is 0 Å². The van der Waals surface area contributed by atoms with Crippen molar-refractivity contribution in [2.45, 2.75) is 45.2 Å². The Hall–Kier alpha value is -4.54. The van der Waals surface area contributed by atoms with Gasteiger partial charge in [0.05, 0.1) is 20.3 Å². The van der Waals surface area contributed by atoms with E-state index in [1.807, 2.05) is 37.3 Å². The maximum Gasteiger partial charge on any atom is 0.407 e. The number of ether oxygens (including phenoxy) is 2. The molecule has 1 atom stereocenters. The van der Waals surface area contributed by atoms with Gasteiger partial charge in [-0.1, -0.05) is 49.7 Å². The number of hydrogen-bond donors (Lipinski definition) is 2.